The van der Waals surface area contributed by atoms with Crippen LogP contribution in [0.15, 0.2) is 8.83 Å². The highest BCUT2D eigenvalue weighted by Crippen LogP contribution is 1.96. The summed E-state index contributed by atoms with van der Waals surface area (Å²) in [5.41, 5.74) is 23.4. The SMILES string of the molecule is C=c1c(C)c(C)c(=C)n1C.C=c1nc(C)c(=C)c(C)c1C.C=c1nc(C)c(=C)c(C)n1.C=c1nc(C)c(=C)n1C.C=c1nc(C)c(=C)nc1C.C=c1nc(C)c(=C)o1.C=c1nc(C)c(=C)s1.C=c1nnc(=C)c(C)n1.C=c1nnc(=C)n1C.C=c1oc(=C)c(C)c1C.C=c1sc(=C)c(C)c1C. The molecule has 18 nitrogen and oxygen atoms in total. The zero-order valence-corrected chi connectivity index (χ0v) is 65.5. The van der Waals surface area contributed by atoms with E-state index in [9.17, 15) is 0 Å². The Morgan fingerprint density at radius 2 is 0.673 bits per heavy atom. The topological polar surface area (TPSA) is 209 Å². The van der Waals surface area contributed by atoms with Crippen LogP contribution in [0, 0.1) is 118 Å². The number of nitrogens with zero attached hydrogens (tertiary/aromatic N) is 16. The molecule has 20 heteroatoms. The van der Waals surface area contributed by atoms with Gasteiger partial charge in [0.1, 0.15) is 42.8 Å². The molecule has 0 spiro atoms. The van der Waals surface area contributed by atoms with Gasteiger partial charge in [0.25, 0.3) is 0 Å². The summed E-state index contributed by atoms with van der Waals surface area (Å²) in [6.45, 7) is 115. The number of aromatic nitrogens is 16. The quantitative estimate of drug-likeness (QED) is 0.200. The lowest BCUT2D eigenvalue weighted by Gasteiger charge is -2.02. The van der Waals surface area contributed by atoms with Gasteiger partial charge in [0, 0.05) is 67.7 Å². The Morgan fingerprint density at radius 3 is 0.911 bits per heavy atom. The summed E-state index contributed by atoms with van der Waals surface area (Å²) in [6.07, 6.45) is 0. The van der Waals surface area contributed by atoms with E-state index >= 15 is 0 Å². The maximum atomic E-state index is 5.12. The largest absolute Gasteiger partial charge is 0.458 e. The van der Waals surface area contributed by atoms with Gasteiger partial charge in [-0.15, -0.1) is 43.1 Å². The van der Waals surface area contributed by atoms with Crippen LogP contribution >= 0.6 is 22.7 Å². The van der Waals surface area contributed by atoms with Gasteiger partial charge in [-0.3, -0.25) is 15.0 Å². The summed E-state index contributed by atoms with van der Waals surface area (Å²) in [5, 5.41) is 22.6. The Bertz CT molecular complexity index is 5690. The fraction of sp³-hybridized carbons (Fsp3) is 0.247. The van der Waals surface area contributed by atoms with E-state index in [-0.39, 0.29) is 0 Å². The van der Waals surface area contributed by atoms with Crippen molar-refractivity contribution in [2.24, 2.45) is 21.1 Å². The first-order valence-corrected chi connectivity index (χ1v) is 32.8. The lowest BCUT2D eigenvalue weighted by atomic mass is 10.1. The summed E-state index contributed by atoms with van der Waals surface area (Å²) in [6, 6.07) is 0. The van der Waals surface area contributed by atoms with E-state index in [2.05, 4.69) is 245 Å². The minimum atomic E-state index is 0.438. The van der Waals surface area contributed by atoms with E-state index < -0.39 is 0 Å². The van der Waals surface area contributed by atoms with Crippen LogP contribution in [0.3, 0.4) is 0 Å². The lowest BCUT2D eigenvalue weighted by Crippen LogP contribution is -2.23. The van der Waals surface area contributed by atoms with Crippen molar-refractivity contribution >= 4 is 167 Å². The van der Waals surface area contributed by atoms with E-state index in [0.29, 0.717) is 38.2 Å². The predicted octanol–water partition coefficient (Wildman–Crippen LogP) is 0.282. The smallest absolute Gasteiger partial charge is 0.212 e. The van der Waals surface area contributed by atoms with E-state index in [4.69, 9.17) is 8.83 Å². The minimum Gasteiger partial charge on any atom is -0.458 e. The molecule has 11 aromatic heterocycles. The number of thiazole rings is 1. The molecule has 0 bridgehead atoms. The van der Waals surface area contributed by atoms with Crippen LogP contribution in [-0.2, 0) is 21.1 Å². The third-order valence-electron chi connectivity index (χ3n) is 16.1. The Balaban J connectivity index is 0.000000556. The Kier molecular flexibility index (Phi) is 34.4. The fourth-order valence-electron chi connectivity index (χ4n) is 7.69. The Labute approximate surface area is 601 Å². The minimum absolute atomic E-state index is 0.438. The van der Waals surface area contributed by atoms with E-state index in [1.807, 2.05) is 113 Å². The summed E-state index contributed by atoms with van der Waals surface area (Å²) in [7, 11) is 5.72. The summed E-state index contributed by atoms with van der Waals surface area (Å²) >= 11 is 3.21. The van der Waals surface area contributed by atoms with Crippen LogP contribution in [0.25, 0.3) is 145 Å². The third-order valence-corrected chi connectivity index (χ3v) is 18.0. The first kappa shape index (κ1) is 87.9. The van der Waals surface area contributed by atoms with Gasteiger partial charge in [0.05, 0.1) is 60.9 Å². The molecule has 532 valence electrons. The molecule has 0 atom stereocenters. The Hall–Kier alpha value is -11.1. The lowest BCUT2D eigenvalue weighted by molar-refractivity contribution is 0.493. The molecule has 101 heavy (non-hydrogen) atoms. The van der Waals surface area contributed by atoms with Gasteiger partial charge in [-0.1, -0.05) is 138 Å². The highest BCUT2D eigenvalue weighted by atomic mass is 32.1. The molecule has 0 saturated carbocycles. The number of aryl methyl sites for hydroxylation is 9. The monoisotopic (exact) mass is 1400 g/mol. The van der Waals surface area contributed by atoms with Crippen LogP contribution in [0.1, 0.15) is 95.8 Å². The van der Waals surface area contributed by atoms with Crippen LogP contribution in [0.2, 0.25) is 0 Å². The van der Waals surface area contributed by atoms with E-state index in [1.165, 1.54) is 39.2 Å². The molecule has 0 amide bonds. The molecule has 0 radical (unpaired) electrons. The van der Waals surface area contributed by atoms with Crippen LogP contribution in [-0.4, -0.2) is 79.0 Å². The molecule has 0 aromatic carbocycles. The number of oxazole rings is 1. The molecule has 11 heterocycles. The molecule has 0 aliphatic heterocycles. The van der Waals surface area contributed by atoms with Crippen LogP contribution in [0.5, 0.6) is 0 Å². The number of hydrogen-bond donors (Lipinski definition) is 0. The number of imidazole rings is 1. The number of rotatable bonds is 0. The van der Waals surface area contributed by atoms with Crippen LogP contribution in [0.4, 0.5) is 0 Å². The van der Waals surface area contributed by atoms with Crippen LogP contribution < -0.4 is 115 Å². The van der Waals surface area contributed by atoms with E-state index in [1.54, 1.807) is 15.9 Å². The number of thiophene rings is 1. The van der Waals surface area contributed by atoms with Gasteiger partial charge in [0.15, 0.2) is 5.48 Å². The highest BCUT2D eigenvalue weighted by molar-refractivity contribution is 7.07. The average molecular weight is 1400 g/mol. The molecule has 0 unspecified atom stereocenters. The maximum absolute atomic E-state index is 5.12. The molecule has 0 saturated heterocycles. The molecule has 11 aromatic rings. The standard InChI is InChI=1S/C10H13N.C9H13N.2C8H10N2.C8H10O.C8H10S.C7H10N2.C6H7N3.C6H7NO.C6H7NS.C5H7N3/c1-6-7(2)9(4)11-10(5)8(6)3;1-6-7(2)9(4)10(5)8(6)3;1-5-6(2)10-8(4)7(3)9-5;1-5-6(2)9-8(4)10-7(5)3;2*1-5-6(2)8(4)9-7(5)3;1-5-6(2)9(4)7(3)8-5;1-4-5(2)8-9-6(3)7-4;2*1-4-5(2)8-6(3)7-4;1-4-6-7-5(2)8(4)3/h2,5H2,1,3-4H3;3-4H2,1-2,5H3;2*1,4H2,2-3H3;2*3-4H2,1-2H3;2-3H2,1,4H3;2-3H2,1H3;2*2-3H2,1H3;1-2H2,3H3. The van der Waals surface area contributed by atoms with Crippen molar-refractivity contribution in [2.75, 3.05) is 0 Å². The second kappa shape index (κ2) is 39.5. The fourth-order valence-corrected chi connectivity index (χ4v) is 9.26. The molecule has 0 aliphatic carbocycles. The second-order valence-corrected chi connectivity index (χ2v) is 25.6. The first-order chi connectivity index (χ1) is 46.5. The number of furan rings is 1. The molecule has 11 rings (SSSR count). The average Bonchev–Trinajstić information content (AvgIpc) is 1.76. The first-order valence-electron chi connectivity index (χ1n) is 31.2. The van der Waals surface area contributed by atoms with Gasteiger partial charge in [0.2, 0.25) is 5.55 Å². The third kappa shape index (κ3) is 26.6. The molecule has 0 N–H and O–H groups in total. The summed E-state index contributed by atoms with van der Waals surface area (Å²) in [5.74, 6) is 0. The van der Waals surface area contributed by atoms with E-state index in [0.717, 1.165) is 145 Å². The molecule has 0 fully saturated rings. The normalized spacial score (nSPS) is 9.86. The number of hydrogen-bond acceptors (Lipinski definition) is 17. The van der Waals surface area contributed by atoms with Crippen molar-refractivity contribution in [1.82, 2.24) is 79.0 Å². The van der Waals surface area contributed by atoms with Gasteiger partial charge in [-0.2, -0.15) is 0 Å². The summed E-state index contributed by atoms with van der Waals surface area (Å²) < 4.78 is 19.8. The van der Waals surface area contributed by atoms with Gasteiger partial charge >= 0.3 is 0 Å². The Morgan fingerprint density at radius 1 is 0.257 bits per heavy atom. The van der Waals surface area contributed by atoms with Crippen molar-refractivity contribution in [2.45, 2.75) is 118 Å². The number of pyridine rings is 1. The zero-order valence-electron chi connectivity index (χ0n) is 63.8. The van der Waals surface area contributed by atoms with Crippen molar-refractivity contribution in [3.05, 3.63) is 211 Å². The van der Waals surface area contributed by atoms with Crippen molar-refractivity contribution in [1.29, 1.82) is 0 Å². The maximum Gasteiger partial charge on any atom is 0.212 e. The zero-order chi connectivity index (χ0) is 78.3. The van der Waals surface area contributed by atoms with Gasteiger partial charge < -0.3 is 22.5 Å². The molecule has 0 aliphatic rings. The summed E-state index contributed by atoms with van der Waals surface area (Å²) in [4.78, 5) is 36.6. The van der Waals surface area contributed by atoms with Gasteiger partial charge in [-0.25, -0.2) is 29.9 Å². The van der Waals surface area contributed by atoms with Crippen molar-refractivity contribution in [3.8, 4) is 0 Å². The second-order valence-electron chi connectivity index (χ2n) is 23.3. The van der Waals surface area contributed by atoms with Crippen molar-refractivity contribution < 1.29 is 8.83 Å². The molecular weight excluding hydrogens is 1290 g/mol. The van der Waals surface area contributed by atoms with Crippen molar-refractivity contribution in [3.63, 3.8) is 0 Å². The highest BCUT2D eigenvalue weighted by Gasteiger charge is 2.02. The predicted molar refractivity (Wildman–Crippen MR) is 433 cm³/mol. The van der Waals surface area contributed by atoms with Gasteiger partial charge in [-0.05, 0) is 174 Å². The molecular formula is C81H104N16O2S2.